The first-order valence-corrected chi connectivity index (χ1v) is 6.97. The van der Waals surface area contributed by atoms with Crippen molar-refractivity contribution in [3.63, 3.8) is 0 Å². The van der Waals surface area contributed by atoms with Gasteiger partial charge in [-0.1, -0.05) is 32.9 Å². The van der Waals surface area contributed by atoms with E-state index < -0.39 is 0 Å². The molecule has 1 heterocycles. The molecule has 0 aromatic carbocycles. The highest BCUT2D eigenvalue weighted by Gasteiger charge is 2.33. The number of oxime groups is 1. The molecular formula is C14H29N3O. The maximum absolute atomic E-state index is 8.80. The van der Waals surface area contributed by atoms with E-state index in [0.717, 1.165) is 25.9 Å². The third kappa shape index (κ3) is 4.48. The standard InChI is InChI=1S/C14H29N3O/c1-13(2,3)6-5-9-17-10-7-14(4,8-11-17)12(15)16-18/h18H,5-11H2,1-4H3,(H2,15,16). The van der Waals surface area contributed by atoms with Crippen LogP contribution in [0.1, 0.15) is 53.4 Å². The zero-order valence-corrected chi connectivity index (χ0v) is 12.4. The lowest BCUT2D eigenvalue weighted by Crippen LogP contribution is -2.45. The van der Waals surface area contributed by atoms with Crippen molar-refractivity contribution in [1.82, 2.24) is 4.90 Å². The van der Waals surface area contributed by atoms with Crippen LogP contribution in [0.15, 0.2) is 5.16 Å². The minimum atomic E-state index is -0.116. The van der Waals surface area contributed by atoms with Crippen molar-refractivity contribution in [2.24, 2.45) is 21.7 Å². The molecule has 0 saturated carbocycles. The van der Waals surface area contributed by atoms with Crippen molar-refractivity contribution in [3.8, 4) is 0 Å². The van der Waals surface area contributed by atoms with Crippen LogP contribution in [0.4, 0.5) is 0 Å². The van der Waals surface area contributed by atoms with Gasteiger partial charge < -0.3 is 15.8 Å². The largest absolute Gasteiger partial charge is 0.409 e. The smallest absolute Gasteiger partial charge is 0.145 e. The summed E-state index contributed by atoms with van der Waals surface area (Å²) >= 11 is 0. The number of nitrogens with zero attached hydrogens (tertiary/aromatic N) is 2. The molecule has 1 saturated heterocycles. The van der Waals surface area contributed by atoms with Crippen LogP contribution in [0.3, 0.4) is 0 Å². The predicted octanol–water partition coefficient (Wildman–Crippen LogP) is 2.66. The Bertz CT molecular complexity index is 286. The van der Waals surface area contributed by atoms with Crippen LogP contribution in [0.2, 0.25) is 0 Å². The van der Waals surface area contributed by atoms with Gasteiger partial charge in [-0.05, 0) is 50.7 Å². The molecule has 3 N–H and O–H groups in total. The monoisotopic (exact) mass is 255 g/mol. The van der Waals surface area contributed by atoms with Crippen LogP contribution in [0.5, 0.6) is 0 Å². The average molecular weight is 255 g/mol. The van der Waals surface area contributed by atoms with Crippen molar-refractivity contribution in [2.75, 3.05) is 19.6 Å². The molecule has 0 unspecified atom stereocenters. The van der Waals surface area contributed by atoms with Gasteiger partial charge in [0.15, 0.2) is 0 Å². The van der Waals surface area contributed by atoms with Crippen LogP contribution in [-0.4, -0.2) is 35.6 Å². The average Bonchev–Trinajstić information content (AvgIpc) is 2.29. The van der Waals surface area contributed by atoms with Crippen molar-refractivity contribution in [2.45, 2.75) is 53.4 Å². The van der Waals surface area contributed by atoms with E-state index in [1.807, 2.05) is 0 Å². The highest BCUT2D eigenvalue weighted by Crippen LogP contribution is 2.31. The molecule has 1 rings (SSSR count). The van der Waals surface area contributed by atoms with Crippen molar-refractivity contribution in [1.29, 1.82) is 0 Å². The minimum Gasteiger partial charge on any atom is -0.409 e. The summed E-state index contributed by atoms with van der Waals surface area (Å²) in [5.41, 5.74) is 6.08. The second-order valence-electron chi connectivity index (χ2n) is 7.05. The Labute approximate surface area is 111 Å². The fourth-order valence-electron chi connectivity index (χ4n) is 2.48. The Morgan fingerprint density at radius 1 is 1.33 bits per heavy atom. The Kier molecular flexibility index (Phi) is 5.02. The molecule has 4 heteroatoms. The van der Waals surface area contributed by atoms with E-state index in [-0.39, 0.29) is 5.41 Å². The molecule has 0 spiro atoms. The summed E-state index contributed by atoms with van der Waals surface area (Å²) in [4.78, 5) is 2.50. The lowest BCUT2D eigenvalue weighted by atomic mass is 9.79. The van der Waals surface area contributed by atoms with Crippen molar-refractivity contribution in [3.05, 3.63) is 0 Å². The van der Waals surface area contributed by atoms with Gasteiger partial charge in [0.1, 0.15) is 5.84 Å². The van der Waals surface area contributed by atoms with E-state index in [9.17, 15) is 0 Å². The van der Waals surface area contributed by atoms with E-state index in [1.54, 1.807) is 0 Å². The SMILES string of the molecule is CC(C)(C)CCCN1CCC(C)(C(N)=NO)CC1. The van der Waals surface area contributed by atoms with Gasteiger partial charge in [-0.25, -0.2) is 0 Å². The molecule has 18 heavy (non-hydrogen) atoms. The molecule has 4 nitrogen and oxygen atoms in total. The highest BCUT2D eigenvalue weighted by atomic mass is 16.4. The lowest BCUT2D eigenvalue weighted by molar-refractivity contribution is 0.152. The summed E-state index contributed by atoms with van der Waals surface area (Å²) < 4.78 is 0. The number of hydrogen-bond acceptors (Lipinski definition) is 3. The molecule has 1 aliphatic heterocycles. The lowest BCUT2D eigenvalue weighted by Gasteiger charge is -2.38. The minimum absolute atomic E-state index is 0.116. The second-order valence-corrected chi connectivity index (χ2v) is 7.05. The molecule has 0 bridgehead atoms. The molecule has 0 amide bonds. The molecule has 0 atom stereocenters. The van der Waals surface area contributed by atoms with Crippen LogP contribution in [-0.2, 0) is 0 Å². The third-order valence-electron chi connectivity index (χ3n) is 4.09. The van der Waals surface area contributed by atoms with E-state index in [1.165, 1.54) is 19.4 Å². The number of rotatable bonds is 4. The van der Waals surface area contributed by atoms with Crippen LogP contribution in [0.25, 0.3) is 0 Å². The molecule has 0 aromatic heterocycles. The summed E-state index contributed by atoms with van der Waals surface area (Å²) in [6, 6.07) is 0. The van der Waals surface area contributed by atoms with E-state index in [2.05, 4.69) is 37.8 Å². The van der Waals surface area contributed by atoms with Crippen molar-refractivity contribution >= 4 is 5.84 Å². The van der Waals surface area contributed by atoms with Gasteiger partial charge in [0, 0.05) is 5.41 Å². The first-order valence-electron chi connectivity index (χ1n) is 6.97. The number of piperidine rings is 1. The van der Waals surface area contributed by atoms with Crippen LogP contribution >= 0.6 is 0 Å². The summed E-state index contributed by atoms with van der Waals surface area (Å²) in [6.45, 7) is 12.2. The maximum atomic E-state index is 8.80. The Morgan fingerprint density at radius 2 is 1.89 bits per heavy atom. The van der Waals surface area contributed by atoms with Gasteiger partial charge in [0.25, 0.3) is 0 Å². The number of hydrogen-bond donors (Lipinski definition) is 2. The molecule has 1 aliphatic rings. The van der Waals surface area contributed by atoms with Crippen LogP contribution in [0, 0.1) is 10.8 Å². The zero-order chi connectivity index (χ0) is 13.8. The Balaban J connectivity index is 2.32. The van der Waals surface area contributed by atoms with Crippen molar-refractivity contribution < 1.29 is 5.21 Å². The normalized spacial score (nSPS) is 22.1. The molecular weight excluding hydrogens is 226 g/mol. The van der Waals surface area contributed by atoms with Crippen LogP contribution < -0.4 is 5.73 Å². The summed E-state index contributed by atoms with van der Waals surface area (Å²) in [5.74, 6) is 0.386. The van der Waals surface area contributed by atoms with E-state index >= 15 is 0 Å². The zero-order valence-electron chi connectivity index (χ0n) is 12.4. The fraction of sp³-hybridized carbons (Fsp3) is 0.929. The molecule has 0 aliphatic carbocycles. The third-order valence-corrected chi connectivity index (χ3v) is 4.09. The molecule has 0 radical (unpaired) electrons. The molecule has 0 aromatic rings. The van der Waals surface area contributed by atoms with Gasteiger partial charge in [0.05, 0.1) is 0 Å². The first-order chi connectivity index (χ1) is 8.27. The number of nitrogens with two attached hydrogens (primary N) is 1. The van der Waals surface area contributed by atoms with E-state index in [0.29, 0.717) is 11.3 Å². The molecule has 1 fully saturated rings. The predicted molar refractivity (Wildman–Crippen MR) is 75.9 cm³/mol. The second kappa shape index (κ2) is 5.91. The summed E-state index contributed by atoms with van der Waals surface area (Å²) in [7, 11) is 0. The quantitative estimate of drug-likeness (QED) is 0.351. The Hall–Kier alpha value is -0.770. The Morgan fingerprint density at radius 3 is 2.33 bits per heavy atom. The van der Waals surface area contributed by atoms with Gasteiger partial charge >= 0.3 is 0 Å². The maximum Gasteiger partial charge on any atom is 0.145 e. The number of amidine groups is 1. The van der Waals surface area contributed by atoms with E-state index in [4.69, 9.17) is 10.9 Å². The summed E-state index contributed by atoms with van der Waals surface area (Å²) in [5, 5.41) is 12.0. The first kappa shape index (κ1) is 15.3. The number of likely N-dealkylation sites (tertiary alicyclic amines) is 1. The van der Waals surface area contributed by atoms with Gasteiger partial charge in [-0.3, -0.25) is 0 Å². The van der Waals surface area contributed by atoms with Gasteiger partial charge in [-0.15, -0.1) is 0 Å². The topological polar surface area (TPSA) is 61.8 Å². The van der Waals surface area contributed by atoms with Gasteiger partial charge in [-0.2, -0.15) is 0 Å². The summed E-state index contributed by atoms with van der Waals surface area (Å²) in [6.07, 6.45) is 4.49. The molecule has 106 valence electrons. The highest BCUT2D eigenvalue weighted by molar-refractivity contribution is 5.85. The fourth-order valence-corrected chi connectivity index (χ4v) is 2.48. The van der Waals surface area contributed by atoms with Gasteiger partial charge in [0.2, 0.25) is 0 Å².